The number of anilines is 1. The Bertz CT molecular complexity index is 720. The van der Waals surface area contributed by atoms with Gasteiger partial charge in [0.2, 0.25) is 5.91 Å². The van der Waals surface area contributed by atoms with Crippen molar-refractivity contribution < 1.29 is 13.9 Å². The third-order valence-electron chi connectivity index (χ3n) is 4.11. The van der Waals surface area contributed by atoms with E-state index in [0.29, 0.717) is 17.7 Å². The summed E-state index contributed by atoms with van der Waals surface area (Å²) in [5.41, 5.74) is 6.61. The number of nitrogens with two attached hydrogens (primary N) is 1. The van der Waals surface area contributed by atoms with Crippen molar-refractivity contribution in [1.82, 2.24) is 5.32 Å². The molecule has 1 amide bonds. The summed E-state index contributed by atoms with van der Waals surface area (Å²) < 4.78 is 19.8. The standard InChI is InChI=1S/C18H19FN2O2/c1-18(14-10-13(20)7-8-15(14)19)11-23-16(17(22)21-18)9-12-5-3-2-4-6-12/h2-8,10,16H,9,11,20H2,1H3,(H,21,22)/t16-,18+/m0/s1. The van der Waals surface area contributed by atoms with E-state index in [2.05, 4.69) is 5.32 Å². The monoisotopic (exact) mass is 314 g/mol. The van der Waals surface area contributed by atoms with Gasteiger partial charge in [-0.2, -0.15) is 0 Å². The van der Waals surface area contributed by atoms with E-state index >= 15 is 0 Å². The van der Waals surface area contributed by atoms with Gasteiger partial charge in [0.05, 0.1) is 12.1 Å². The van der Waals surface area contributed by atoms with Crippen LogP contribution in [-0.4, -0.2) is 18.6 Å². The highest BCUT2D eigenvalue weighted by Crippen LogP contribution is 2.29. The van der Waals surface area contributed by atoms with Gasteiger partial charge in [-0.05, 0) is 30.7 Å². The van der Waals surface area contributed by atoms with Crippen molar-refractivity contribution in [2.24, 2.45) is 0 Å². The molecule has 5 heteroatoms. The number of nitrogens with one attached hydrogen (secondary N) is 1. The largest absolute Gasteiger partial charge is 0.399 e. The summed E-state index contributed by atoms with van der Waals surface area (Å²) in [6.45, 7) is 1.93. The van der Waals surface area contributed by atoms with Crippen LogP contribution in [0.4, 0.5) is 10.1 Å². The predicted molar refractivity (Wildman–Crippen MR) is 86.2 cm³/mol. The Morgan fingerprint density at radius 2 is 2.04 bits per heavy atom. The van der Waals surface area contributed by atoms with E-state index in [-0.39, 0.29) is 12.5 Å². The second-order valence-corrected chi connectivity index (χ2v) is 6.05. The Hall–Kier alpha value is -2.40. The molecule has 1 heterocycles. The van der Waals surface area contributed by atoms with Crippen LogP contribution < -0.4 is 11.1 Å². The maximum atomic E-state index is 14.1. The number of benzene rings is 2. The summed E-state index contributed by atoms with van der Waals surface area (Å²) in [4.78, 5) is 12.4. The molecule has 1 aliphatic rings. The fraction of sp³-hybridized carbons (Fsp3) is 0.278. The van der Waals surface area contributed by atoms with Gasteiger partial charge in [-0.3, -0.25) is 4.79 Å². The molecule has 0 aromatic heterocycles. The molecule has 4 nitrogen and oxygen atoms in total. The molecular weight excluding hydrogens is 295 g/mol. The van der Waals surface area contributed by atoms with Crippen molar-refractivity contribution in [2.75, 3.05) is 12.3 Å². The van der Waals surface area contributed by atoms with Crippen LogP contribution in [0.15, 0.2) is 48.5 Å². The first-order valence-electron chi connectivity index (χ1n) is 7.51. The minimum absolute atomic E-state index is 0.191. The zero-order chi connectivity index (χ0) is 16.4. The Morgan fingerprint density at radius 1 is 1.30 bits per heavy atom. The van der Waals surface area contributed by atoms with E-state index in [4.69, 9.17) is 10.5 Å². The number of amides is 1. The molecule has 0 unspecified atom stereocenters. The molecular formula is C18H19FN2O2. The Kier molecular flexibility index (Phi) is 4.05. The van der Waals surface area contributed by atoms with Gasteiger partial charge in [-0.15, -0.1) is 0 Å². The van der Waals surface area contributed by atoms with E-state index in [1.54, 1.807) is 6.92 Å². The molecule has 2 aromatic carbocycles. The van der Waals surface area contributed by atoms with Crippen molar-refractivity contribution >= 4 is 11.6 Å². The molecule has 2 atom stereocenters. The molecule has 0 bridgehead atoms. The zero-order valence-electron chi connectivity index (χ0n) is 12.9. The lowest BCUT2D eigenvalue weighted by atomic mass is 9.89. The average Bonchev–Trinajstić information content (AvgIpc) is 2.53. The minimum atomic E-state index is -0.927. The van der Waals surface area contributed by atoms with Crippen LogP contribution in [0.25, 0.3) is 0 Å². The van der Waals surface area contributed by atoms with Crippen LogP contribution >= 0.6 is 0 Å². The predicted octanol–water partition coefficient (Wildman–Crippen LogP) is 2.38. The molecule has 0 radical (unpaired) electrons. The second kappa shape index (κ2) is 6.01. The quantitative estimate of drug-likeness (QED) is 0.855. The van der Waals surface area contributed by atoms with Crippen LogP contribution in [0.3, 0.4) is 0 Å². The number of carbonyl (C=O) groups is 1. The molecule has 3 N–H and O–H groups in total. The normalized spacial score (nSPS) is 24.3. The number of morpholine rings is 1. The first-order chi connectivity index (χ1) is 11.0. The molecule has 23 heavy (non-hydrogen) atoms. The summed E-state index contributed by atoms with van der Waals surface area (Å²) in [5, 5.41) is 2.89. The Labute approximate surface area is 134 Å². The maximum absolute atomic E-state index is 14.1. The average molecular weight is 314 g/mol. The van der Waals surface area contributed by atoms with Crippen LogP contribution in [0.5, 0.6) is 0 Å². The van der Waals surface area contributed by atoms with Gasteiger partial charge in [0, 0.05) is 17.7 Å². The summed E-state index contributed by atoms with van der Waals surface area (Å²) in [7, 11) is 0. The van der Waals surface area contributed by atoms with Gasteiger partial charge < -0.3 is 15.8 Å². The van der Waals surface area contributed by atoms with Crippen LogP contribution in [0.1, 0.15) is 18.1 Å². The fourth-order valence-electron chi connectivity index (χ4n) is 2.82. The molecule has 3 rings (SSSR count). The second-order valence-electron chi connectivity index (χ2n) is 6.05. The molecule has 120 valence electrons. The van der Waals surface area contributed by atoms with E-state index in [1.165, 1.54) is 18.2 Å². The highest BCUT2D eigenvalue weighted by Gasteiger charge is 2.39. The van der Waals surface area contributed by atoms with E-state index in [1.807, 2.05) is 30.3 Å². The number of nitrogen functional groups attached to an aromatic ring is 1. The summed E-state index contributed by atoms with van der Waals surface area (Å²) in [6.07, 6.45) is -0.0862. The Balaban J connectivity index is 1.77. The van der Waals surface area contributed by atoms with E-state index in [0.717, 1.165) is 5.56 Å². The van der Waals surface area contributed by atoms with Gasteiger partial charge in [-0.25, -0.2) is 4.39 Å². The van der Waals surface area contributed by atoms with E-state index < -0.39 is 17.5 Å². The molecule has 0 saturated carbocycles. The van der Waals surface area contributed by atoms with Crippen LogP contribution in [-0.2, 0) is 21.5 Å². The third-order valence-corrected chi connectivity index (χ3v) is 4.11. The minimum Gasteiger partial charge on any atom is -0.399 e. The highest BCUT2D eigenvalue weighted by molar-refractivity contribution is 5.83. The summed E-state index contributed by atoms with van der Waals surface area (Å²) in [5.74, 6) is -0.656. The first-order valence-corrected chi connectivity index (χ1v) is 7.51. The highest BCUT2D eigenvalue weighted by atomic mass is 19.1. The smallest absolute Gasteiger partial charge is 0.250 e. The lowest BCUT2D eigenvalue weighted by Crippen LogP contribution is -2.57. The fourth-order valence-corrected chi connectivity index (χ4v) is 2.82. The molecule has 1 aliphatic heterocycles. The molecule has 0 aliphatic carbocycles. The maximum Gasteiger partial charge on any atom is 0.250 e. The SMILES string of the molecule is C[C@]1(c2cc(N)ccc2F)CO[C@@H](Cc2ccccc2)C(=O)N1. The van der Waals surface area contributed by atoms with Crippen molar-refractivity contribution in [3.63, 3.8) is 0 Å². The number of ether oxygens (including phenoxy) is 1. The summed E-state index contributed by atoms with van der Waals surface area (Å²) >= 11 is 0. The zero-order valence-corrected chi connectivity index (χ0v) is 12.9. The van der Waals surface area contributed by atoms with Crippen molar-refractivity contribution in [3.05, 3.63) is 65.5 Å². The number of rotatable bonds is 3. The first kappa shape index (κ1) is 15.5. The van der Waals surface area contributed by atoms with Gasteiger partial charge >= 0.3 is 0 Å². The lowest BCUT2D eigenvalue weighted by Gasteiger charge is -2.38. The number of hydrogen-bond acceptors (Lipinski definition) is 3. The van der Waals surface area contributed by atoms with Gasteiger partial charge in [0.25, 0.3) is 0 Å². The lowest BCUT2D eigenvalue weighted by molar-refractivity contribution is -0.145. The number of halogens is 1. The third kappa shape index (κ3) is 3.19. The molecule has 1 fully saturated rings. The van der Waals surface area contributed by atoms with Crippen molar-refractivity contribution in [2.45, 2.75) is 25.0 Å². The summed E-state index contributed by atoms with van der Waals surface area (Å²) in [6, 6.07) is 14.0. The Morgan fingerprint density at radius 3 is 2.74 bits per heavy atom. The van der Waals surface area contributed by atoms with Gasteiger partial charge in [0.15, 0.2) is 0 Å². The van der Waals surface area contributed by atoms with Crippen molar-refractivity contribution in [1.29, 1.82) is 0 Å². The molecule has 0 spiro atoms. The topological polar surface area (TPSA) is 64.3 Å². The molecule has 1 saturated heterocycles. The van der Waals surface area contributed by atoms with Gasteiger partial charge in [-0.1, -0.05) is 30.3 Å². The van der Waals surface area contributed by atoms with Crippen molar-refractivity contribution in [3.8, 4) is 0 Å². The number of hydrogen-bond donors (Lipinski definition) is 2. The van der Waals surface area contributed by atoms with Crippen LogP contribution in [0, 0.1) is 5.82 Å². The van der Waals surface area contributed by atoms with Crippen LogP contribution in [0.2, 0.25) is 0 Å². The number of carbonyl (C=O) groups excluding carboxylic acids is 1. The van der Waals surface area contributed by atoms with Gasteiger partial charge in [0.1, 0.15) is 11.9 Å². The molecule has 2 aromatic rings. The van der Waals surface area contributed by atoms with E-state index in [9.17, 15) is 9.18 Å².